The van der Waals surface area contributed by atoms with Crippen LogP contribution in [0, 0.1) is 5.41 Å². The number of nitrogens with one attached hydrogen (secondary N) is 1. The van der Waals surface area contributed by atoms with Crippen molar-refractivity contribution in [2.45, 2.75) is 108 Å². The van der Waals surface area contributed by atoms with Gasteiger partial charge < -0.3 is 43.7 Å². The van der Waals surface area contributed by atoms with Gasteiger partial charge in [-0.15, -0.1) is 0 Å². The third kappa shape index (κ3) is 12.3. The van der Waals surface area contributed by atoms with Crippen molar-refractivity contribution in [1.29, 1.82) is 0 Å². The number of hydrogen-bond donors (Lipinski definition) is 2. The number of rotatable bonds is 17. The Morgan fingerprint density at radius 3 is 2.04 bits per heavy atom. The van der Waals surface area contributed by atoms with E-state index < -0.39 is 95.6 Å². The van der Waals surface area contributed by atoms with Gasteiger partial charge in [0, 0.05) is 54.5 Å². The molecule has 70 heavy (non-hydrogen) atoms. The van der Waals surface area contributed by atoms with Crippen LogP contribution in [0.2, 0.25) is 0 Å². The van der Waals surface area contributed by atoms with Crippen molar-refractivity contribution >= 4 is 41.8 Å². The van der Waals surface area contributed by atoms with E-state index in [4.69, 9.17) is 28.4 Å². The van der Waals surface area contributed by atoms with Crippen molar-refractivity contribution in [2.24, 2.45) is 5.41 Å². The molecular formula is C55H60N2O13. The summed E-state index contributed by atoms with van der Waals surface area (Å²) in [6, 6.07) is 32.2. The van der Waals surface area contributed by atoms with E-state index in [0.29, 0.717) is 16.7 Å². The van der Waals surface area contributed by atoms with E-state index in [-0.39, 0.29) is 43.4 Å². The minimum absolute atomic E-state index is 0.0523. The quantitative estimate of drug-likeness (QED) is 0.0672. The Bertz CT molecular complexity index is 2530. The number of aliphatic hydroxyl groups excluding tert-OH is 1. The zero-order valence-corrected chi connectivity index (χ0v) is 40.2. The van der Waals surface area contributed by atoms with Crippen LogP contribution in [0.1, 0.15) is 86.5 Å². The number of benzene rings is 4. The smallest absolute Gasteiger partial charge is 0.348 e. The van der Waals surface area contributed by atoms with Gasteiger partial charge in [0.1, 0.15) is 36.6 Å². The average Bonchev–Trinajstić information content (AvgIpc) is 3.87. The Hall–Kier alpha value is -6.94. The second-order valence-corrected chi connectivity index (χ2v) is 19.4. The number of aliphatic hydroxyl groups is 1. The van der Waals surface area contributed by atoms with Gasteiger partial charge in [-0.3, -0.25) is 14.4 Å². The fraction of sp³-hybridized carbons (Fsp3) is 0.382. The average molecular weight is 957 g/mol. The van der Waals surface area contributed by atoms with Crippen LogP contribution < -0.4 is 5.32 Å². The molecule has 2 saturated heterocycles. The number of likely N-dealkylation sites (N-methyl/N-ethyl adjacent to an activating group) is 1. The number of amides is 2. The number of fused-ring (bicyclic) bond motifs is 1. The van der Waals surface area contributed by atoms with Crippen LogP contribution >= 0.6 is 0 Å². The molecule has 2 heterocycles. The molecule has 2 amide bonds. The molecule has 7 rings (SSSR count). The highest BCUT2D eigenvalue weighted by atomic mass is 16.8. The molecule has 368 valence electrons. The molecule has 0 spiro atoms. The summed E-state index contributed by atoms with van der Waals surface area (Å²) in [4.78, 5) is 81.9. The molecule has 3 aliphatic rings. The third-order valence-electron chi connectivity index (χ3n) is 12.3. The minimum atomic E-state index is -1.47. The number of ether oxygens (including phenoxy) is 6. The monoisotopic (exact) mass is 956 g/mol. The molecule has 15 nitrogen and oxygen atoms in total. The summed E-state index contributed by atoms with van der Waals surface area (Å²) in [6.45, 7) is 8.48. The third-order valence-corrected chi connectivity index (χ3v) is 12.3. The molecule has 15 heteroatoms. The first-order valence-corrected chi connectivity index (χ1v) is 23.3. The van der Waals surface area contributed by atoms with Gasteiger partial charge in [-0.1, -0.05) is 117 Å². The lowest BCUT2D eigenvalue weighted by Crippen LogP contribution is -2.53. The number of esters is 4. The number of carbonyl (C=O) groups is 6. The predicted octanol–water partition coefficient (Wildman–Crippen LogP) is 6.40. The van der Waals surface area contributed by atoms with Gasteiger partial charge in [0.2, 0.25) is 23.7 Å². The van der Waals surface area contributed by atoms with Crippen molar-refractivity contribution in [3.63, 3.8) is 0 Å². The van der Waals surface area contributed by atoms with Gasteiger partial charge in [-0.2, -0.15) is 0 Å². The molecule has 2 fully saturated rings. The second kappa shape index (κ2) is 21.8. The zero-order chi connectivity index (χ0) is 50.2. The van der Waals surface area contributed by atoms with Crippen LogP contribution in [-0.4, -0.2) is 108 Å². The molecule has 0 bridgehead atoms. The van der Waals surface area contributed by atoms with Gasteiger partial charge in [-0.05, 0) is 62.6 Å². The fourth-order valence-electron chi connectivity index (χ4n) is 8.57. The molecule has 0 radical (unpaired) electrons. The normalized spacial score (nSPS) is 21.1. The fourth-order valence-corrected chi connectivity index (χ4v) is 8.57. The number of hydrogen-bond acceptors (Lipinski definition) is 13. The molecule has 6 atom stereocenters. The summed E-state index contributed by atoms with van der Waals surface area (Å²) < 4.78 is 35.9. The van der Waals surface area contributed by atoms with Crippen LogP contribution in [0.3, 0.4) is 0 Å². The molecule has 0 saturated carbocycles. The van der Waals surface area contributed by atoms with E-state index in [1.54, 1.807) is 52.8 Å². The van der Waals surface area contributed by atoms with Crippen LogP contribution in [0.25, 0.3) is 6.08 Å². The maximum absolute atomic E-state index is 14.9. The molecule has 2 aliphatic heterocycles. The number of nitrogens with zero attached hydrogens (tertiary/aromatic N) is 1. The molecular weight excluding hydrogens is 897 g/mol. The van der Waals surface area contributed by atoms with E-state index in [0.717, 1.165) is 5.56 Å². The summed E-state index contributed by atoms with van der Waals surface area (Å²) >= 11 is 0. The van der Waals surface area contributed by atoms with Crippen molar-refractivity contribution in [3.8, 4) is 0 Å². The van der Waals surface area contributed by atoms with Crippen LogP contribution in [-0.2, 0) is 64.6 Å². The largest absolute Gasteiger partial charge is 0.462 e. The Labute approximate surface area is 407 Å². The molecule has 2 N–H and O–H groups in total. The summed E-state index contributed by atoms with van der Waals surface area (Å²) in [6.07, 6.45) is 0.471. The number of cyclic esters (lactones) is 1. The summed E-state index contributed by atoms with van der Waals surface area (Å²) in [5.74, 6) is -5.08. The van der Waals surface area contributed by atoms with Crippen molar-refractivity contribution in [3.05, 3.63) is 161 Å². The first-order chi connectivity index (χ1) is 33.4. The molecule has 1 aliphatic carbocycles. The molecule has 4 aromatic carbocycles. The Kier molecular flexibility index (Phi) is 15.8. The second-order valence-electron chi connectivity index (χ2n) is 19.4. The standard InChI is InChI=1S/C55H60N2O13/c1-53(2,3)69-46(60)29-27-41(33-58)56-49(61)42(30-36-16-10-7-11-17-36)57(6)50(62)38-31-43(47-44(32-38)68-55(70-47,39-18-12-8-13-19-39)40-20-14-9-15-21-40)66-51(63)37-25-22-35(23-26-37)24-28-45(59)67-48-52(64)65-34-54(48,4)5/h7-26,28,32,41-44,47-48,58H,27,29-31,33-34H2,1-6H3,(H,56,61)/t41-,42+,43+,44+,47-,48-/m0/s1. The summed E-state index contributed by atoms with van der Waals surface area (Å²) in [5.41, 5.74) is 1.67. The minimum Gasteiger partial charge on any atom is -0.462 e. The van der Waals surface area contributed by atoms with Gasteiger partial charge in [0.25, 0.3) is 0 Å². The van der Waals surface area contributed by atoms with E-state index in [1.165, 1.54) is 36.2 Å². The predicted molar refractivity (Wildman–Crippen MR) is 256 cm³/mol. The van der Waals surface area contributed by atoms with Crippen LogP contribution in [0.15, 0.2) is 133 Å². The van der Waals surface area contributed by atoms with Gasteiger partial charge in [0.15, 0.2) is 0 Å². The zero-order valence-electron chi connectivity index (χ0n) is 40.2. The van der Waals surface area contributed by atoms with E-state index in [1.807, 2.05) is 91.0 Å². The molecule has 0 aromatic heterocycles. The Morgan fingerprint density at radius 2 is 1.47 bits per heavy atom. The van der Waals surface area contributed by atoms with Gasteiger partial charge in [0.05, 0.1) is 18.2 Å². The highest BCUT2D eigenvalue weighted by Gasteiger charge is 2.55. The van der Waals surface area contributed by atoms with Gasteiger partial charge >= 0.3 is 23.9 Å². The number of carbonyl (C=O) groups excluding carboxylic acids is 6. The summed E-state index contributed by atoms with van der Waals surface area (Å²) in [7, 11) is 1.52. The van der Waals surface area contributed by atoms with Crippen LogP contribution in [0.5, 0.6) is 0 Å². The summed E-state index contributed by atoms with van der Waals surface area (Å²) in [5, 5.41) is 13.1. The van der Waals surface area contributed by atoms with E-state index in [2.05, 4.69) is 5.32 Å². The lowest BCUT2D eigenvalue weighted by molar-refractivity contribution is -0.159. The lowest BCUT2D eigenvalue weighted by Gasteiger charge is -2.34. The van der Waals surface area contributed by atoms with E-state index >= 15 is 0 Å². The first kappa shape index (κ1) is 50.9. The van der Waals surface area contributed by atoms with Crippen LogP contribution in [0.4, 0.5) is 0 Å². The van der Waals surface area contributed by atoms with Gasteiger partial charge in [-0.25, -0.2) is 14.4 Å². The topological polar surface area (TPSA) is 193 Å². The Balaban J connectivity index is 1.15. The highest BCUT2D eigenvalue weighted by Crippen LogP contribution is 2.47. The maximum Gasteiger partial charge on any atom is 0.348 e. The SMILES string of the molecule is CN(C(=O)C1=C[C@H]2OC(c3ccccc3)(c3ccccc3)O[C@H]2[C@H](OC(=O)c2ccc(C=CC(=O)O[C@H]3C(=O)OCC3(C)C)cc2)C1)[C@H](Cc1ccccc1)C(=O)N[C@H](CO)CCC(=O)OC(C)(C)C. The van der Waals surface area contributed by atoms with Crippen molar-refractivity contribution in [1.82, 2.24) is 10.2 Å². The highest BCUT2D eigenvalue weighted by molar-refractivity contribution is 5.98. The molecule has 0 unspecified atom stereocenters. The molecule has 4 aromatic rings. The van der Waals surface area contributed by atoms with Crippen molar-refractivity contribution in [2.75, 3.05) is 20.3 Å². The maximum atomic E-state index is 14.9. The van der Waals surface area contributed by atoms with E-state index in [9.17, 15) is 33.9 Å². The Morgan fingerprint density at radius 1 is 0.857 bits per heavy atom. The van der Waals surface area contributed by atoms with Crippen molar-refractivity contribution < 1.29 is 62.3 Å². The lowest BCUT2D eigenvalue weighted by atomic mass is 9.90. The first-order valence-electron chi connectivity index (χ1n) is 23.3.